The normalized spacial score (nSPS) is 13.2. The summed E-state index contributed by atoms with van der Waals surface area (Å²) in [4.78, 5) is 0. The first-order valence-electron chi connectivity index (χ1n) is 5.60. The minimum atomic E-state index is -0.555. The van der Waals surface area contributed by atoms with Crippen LogP contribution in [-0.4, -0.2) is 19.1 Å². The van der Waals surface area contributed by atoms with Gasteiger partial charge in [-0.3, -0.25) is 0 Å². The maximum absolute atomic E-state index is 13.0. The van der Waals surface area contributed by atoms with Crippen LogP contribution in [0.25, 0.3) is 0 Å². The summed E-state index contributed by atoms with van der Waals surface area (Å²) < 4.78 is 13.0. The Morgan fingerprint density at radius 3 is 2.62 bits per heavy atom. The molecule has 0 aliphatic heterocycles. The van der Waals surface area contributed by atoms with E-state index in [-0.39, 0.29) is 0 Å². The molecule has 0 aromatic heterocycles. The predicted molar refractivity (Wildman–Crippen MR) is 60.6 cm³/mol. The van der Waals surface area contributed by atoms with E-state index in [2.05, 4.69) is 19.8 Å². The average Bonchev–Trinajstić information content (AvgIpc) is 2.11. The fourth-order valence-corrected chi connectivity index (χ4v) is 1.37. The molecule has 0 radical (unpaired) electrons. The summed E-state index contributed by atoms with van der Waals surface area (Å²) in [6.45, 7) is 6.37. The Morgan fingerprint density at radius 2 is 2.00 bits per heavy atom. The van der Waals surface area contributed by atoms with Gasteiger partial charge in [-0.15, -0.1) is 0 Å². The molecule has 0 aliphatic carbocycles. The number of hydrogen-bond acceptors (Lipinski definition) is 0. The fourth-order valence-electron chi connectivity index (χ4n) is 1.37. The van der Waals surface area contributed by atoms with Crippen LogP contribution in [0.1, 0.15) is 52.4 Å². The molecule has 0 rings (SSSR count). The number of rotatable bonds is 8. The van der Waals surface area contributed by atoms with Gasteiger partial charge in [0, 0.05) is 0 Å². The second-order valence-electron chi connectivity index (χ2n) is 3.55. The SMILES string of the molecule is CCC=BCCCCC(F)CCC. The van der Waals surface area contributed by atoms with E-state index in [4.69, 9.17) is 0 Å². The fraction of sp³-hybridized carbons (Fsp3) is 0.909. The molecule has 0 aromatic rings. The molecular formula is C11H22BF. The van der Waals surface area contributed by atoms with Gasteiger partial charge in [0.15, 0.2) is 0 Å². The predicted octanol–water partition coefficient (Wildman–Crippen LogP) is 3.63. The van der Waals surface area contributed by atoms with Crippen molar-refractivity contribution in [2.24, 2.45) is 0 Å². The van der Waals surface area contributed by atoms with Crippen LogP contribution in [0.3, 0.4) is 0 Å². The minimum absolute atomic E-state index is 0.555. The quantitative estimate of drug-likeness (QED) is 0.399. The van der Waals surface area contributed by atoms with E-state index < -0.39 is 6.17 Å². The maximum atomic E-state index is 13.0. The first kappa shape index (κ1) is 12.9. The monoisotopic (exact) mass is 184 g/mol. The van der Waals surface area contributed by atoms with Gasteiger partial charge in [-0.25, -0.2) is 0 Å². The summed E-state index contributed by atoms with van der Waals surface area (Å²) in [5, 5.41) is 0. The molecule has 0 aromatic carbocycles. The summed E-state index contributed by atoms with van der Waals surface area (Å²) in [6.07, 6.45) is 6.32. The second kappa shape index (κ2) is 9.95. The summed E-state index contributed by atoms with van der Waals surface area (Å²) in [7, 11) is 0. The molecule has 76 valence electrons. The Bertz CT molecular complexity index is 123. The van der Waals surface area contributed by atoms with Gasteiger partial charge in [0.2, 0.25) is 0 Å². The van der Waals surface area contributed by atoms with E-state index in [1.165, 1.54) is 0 Å². The summed E-state index contributed by atoms with van der Waals surface area (Å²) >= 11 is 0. The standard InChI is InChI=1S/C11H22BF/c1-3-7-11(13)8-5-6-10-12-9-4-2/h9,11H,3-8,10H2,1-2H3. The van der Waals surface area contributed by atoms with E-state index >= 15 is 0 Å². The van der Waals surface area contributed by atoms with Crippen molar-refractivity contribution in [1.29, 1.82) is 0 Å². The van der Waals surface area contributed by atoms with Gasteiger partial charge < -0.3 is 0 Å². The van der Waals surface area contributed by atoms with Crippen LogP contribution < -0.4 is 0 Å². The first-order chi connectivity index (χ1) is 6.31. The van der Waals surface area contributed by atoms with Crippen molar-refractivity contribution in [1.82, 2.24) is 0 Å². The van der Waals surface area contributed by atoms with Crippen molar-refractivity contribution in [3.8, 4) is 0 Å². The molecule has 1 atom stereocenters. The third kappa shape index (κ3) is 9.78. The van der Waals surface area contributed by atoms with Gasteiger partial charge in [-0.2, -0.15) is 0 Å². The summed E-state index contributed by atoms with van der Waals surface area (Å²) in [5.41, 5.74) is 0. The van der Waals surface area contributed by atoms with Crippen LogP contribution in [0, 0.1) is 0 Å². The molecule has 0 saturated heterocycles. The van der Waals surface area contributed by atoms with Gasteiger partial charge in [0.1, 0.15) is 0 Å². The van der Waals surface area contributed by atoms with Crippen molar-refractivity contribution in [2.45, 2.75) is 64.9 Å². The molecule has 13 heavy (non-hydrogen) atoms. The summed E-state index contributed by atoms with van der Waals surface area (Å²) in [5.74, 6) is 2.18. The third-order valence-corrected chi connectivity index (χ3v) is 2.14. The molecule has 2 heteroatoms. The van der Waals surface area contributed by atoms with Crippen LogP contribution in [0.2, 0.25) is 6.32 Å². The molecule has 0 saturated carbocycles. The summed E-state index contributed by atoms with van der Waals surface area (Å²) in [6, 6.07) is 0. The Balaban J connectivity index is 3.10. The molecule has 0 fully saturated rings. The van der Waals surface area contributed by atoms with Crippen LogP contribution in [-0.2, 0) is 0 Å². The van der Waals surface area contributed by atoms with Gasteiger partial charge in [0.25, 0.3) is 0 Å². The zero-order chi connectivity index (χ0) is 9.94. The van der Waals surface area contributed by atoms with Crippen molar-refractivity contribution in [3.63, 3.8) is 0 Å². The number of halogens is 1. The van der Waals surface area contributed by atoms with E-state index in [0.717, 1.165) is 44.8 Å². The molecule has 0 aliphatic rings. The van der Waals surface area contributed by atoms with Gasteiger partial charge >= 0.3 is 82.1 Å². The zero-order valence-corrected chi connectivity index (χ0v) is 9.06. The zero-order valence-electron chi connectivity index (χ0n) is 9.06. The molecule has 1 unspecified atom stereocenters. The van der Waals surface area contributed by atoms with Crippen molar-refractivity contribution in [2.75, 3.05) is 0 Å². The molecule has 0 heterocycles. The van der Waals surface area contributed by atoms with E-state index in [0.29, 0.717) is 0 Å². The van der Waals surface area contributed by atoms with E-state index in [1.54, 1.807) is 0 Å². The van der Waals surface area contributed by atoms with Crippen molar-refractivity contribution in [3.05, 3.63) is 0 Å². The Kier molecular flexibility index (Phi) is 9.85. The molecule has 0 N–H and O–H groups in total. The Morgan fingerprint density at radius 1 is 1.23 bits per heavy atom. The van der Waals surface area contributed by atoms with E-state index in [9.17, 15) is 4.39 Å². The third-order valence-electron chi connectivity index (χ3n) is 2.14. The molecular weight excluding hydrogens is 162 g/mol. The Labute approximate surface area is 82.8 Å². The average molecular weight is 184 g/mol. The van der Waals surface area contributed by atoms with Gasteiger partial charge in [-0.05, 0) is 0 Å². The van der Waals surface area contributed by atoms with Crippen LogP contribution in [0.4, 0.5) is 4.39 Å². The van der Waals surface area contributed by atoms with Crippen molar-refractivity contribution < 1.29 is 4.39 Å². The topological polar surface area (TPSA) is 0 Å². The molecule has 0 spiro atoms. The number of alkyl halides is 1. The molecule has 0 amide bonds. The number of unbranched alkanes of at least 4 members (excludes halogenated alkanes) is 1. The molecule has 0 bridgehead atoms. The molecule has 0 nitrogen and oxygen atoms in total. The van der Waals surface area contributed by atoms with Gasteiger partial charge in [0.05, 0.1) is 0 Å². The van der Waals surface area contributed by atoms with Crippen LogP contribution in [0.5, 0.6) is 0 Å². The van der Waals surface area contributed by atoms with Crippen LogP contribution in [0.15, 0.2) is 0 Å². The van der Waals surface area contributed by atoms with Gasteiger partial charge in [-0.1, -0.05) is 0 Å². The second-order valence-corrected chi connectivity index (χ2v) is 3.55. The first-order valence-corrected chi connectivity index (χ1v) is 5.60. The Hall–Kier alpha value is -0.135. The van der Waals surface area contributed by atoms with Crippen molar-refractivity contribution >= 4 is 12.9 Å². The van der Waals surface area contributed by atoms with Crippen LogP contribution >= 0.6 is 0 Å². The van der Waals surface area contributed by atoms with E-state index in [1.807, 2.05) is 6.92 Å². The number of hydrogen-bond donors (Lipinski definition) is 0.